The number of para-hydroxylation sites is 2. The summed E-state index contributed by atoms with van der Waals surface area (Å²) in [5.74, 6) is 1.59. The minimum absolute atomic E-state index is 0. The third kappa shape index (κ3) is 2.01. The molecular weight excluding hydrogens is 297 g/mol. The first kappa shape index (κ1) is 10.5. The fourth-order valence-corrected chi connectivity index (χ4v) is 1.23. The van der Waals surface area contributed by atoms with Crippen molar-refractivity contribution in [2.45, 2.75) is 5.75 Å². The van der Waals surface area contributed by atoms with E-state index < -0.39 is 0 Å². The van der Waals surface area contributed by atoms with Crippen LogP contribution in [0.4, 0.5) is 0 Å². The second-order valence-electron chi connectivity index (χ2n) is 2.36. The van der Waals surface area contributed by atoms with Crippen LogP contribution in [0.25, 0.3) is 11.0 Å². The number of fused-ring (bicyclic) bond motifs is 1. The van der Waals surface area contributed by atoms with Crippen molar-refractivity contribution in [3.63, 3.8) is 0 Å². The molecule has 0 aliphatic heterocycles. The van der Waals surface area contributed by atoms with Gasteiger partial charge in [-0.05, 0) is 12.1 Å². The summed E-state index contributed by atoms with van der Waals surface area (Å²) in [6.07, 6.45) is 0. The second kappa shape index (κ2) is 4.59. The van der Waals surface area contributed by atoms with Crippen LogP contribution in [0.1, 0.15) is 5.82 Å². The molecule has 59 valence electrons. The zero-order valence-corrected chi connectivity index (χ0v) is 11.1. The number of aromatic nitrogens is 2. The minimum Gasteiger partial charge on any atom is -0.341 e. The van der Waals surface area contributed by atoms with E-state index in [0.717, 1.165) is 16.9 Å². The fraction of sp³-hybridized carbons (Fsp3) is 0.125. The average Bonchev–Trinajstić information content (AvgIpc) is 2.46. The summed E-state index contributed by atoms with van der Waals surface area (Å²) >= 11 is 4.13. The van der Waals surface area contributed by atoms with Gasteiger partial charge in [0.05, 0.1) is 11.0 Å². The summed E-state index contributed by atoms with van der Waals surface area (Å²) in [6, 6.07) is 7.96. The topological polar surface area (TPSA) is 28.7 Å². The van der Waals surface area contributed by atoms with Crippen LogP contribution < -0.4 is 0 Å². The van der Waals surface area contributed by atoms with E-state index >= 15 is 0 Å². The first-order valence-corrected chi connectivity index (χ1v) is 4.08. The van der Waals surface area contributed by atoms with Crippen molar-refractivity contribution < 1.29 is 41.3 Å². The number of benzene rings is 1. The van der Waals surface area contributed by atoms with Gasteiger partial charge in [-0.2, -0.15) is 12.6 Å². The number of rotatable bonds is 1. The SMILES string of the molecule is SCc1nc2ccccc2[nH]1.[Pr]. The van der Waals surface area contributed by atoms with Gasteiger partial charge >= 0.3 is 0 Å². The predicted molar refractivity (Wildman–Crippen MR) is 48.8 cm³/mol. The predicted octanol–water partition coefficient (Wildman–Crippen LogP) is 1.99. The normalized spacial score (nSPS) is 9.75. The van der Waals surface area contributed by atoms with Crippen LogP contribution in [0.15, 0.2) is 24.3 Å². The molecule has 12 heavy (non-hydrogen) atoms. The van der Waals surface area contributed by atoms with Gasteiger partial charge in [0.1, 0.15) is 5.82 Å². The number of nitrogens with zero attached hydrogens (tertiary/aromatic N) is 1. The summed E-state index contributed by atoms with van der Waals surface area (Å²) in [4.78, 5) is 7.46. The summed E-state index contributed by atoms with van der Waals surface area (Å²) in [6.45, 7) is 0. The van der Waals surface area contributed by atoms with Crippen LogP contribution in [0.5, 0.6) is 0 Å². The molecule has 0 fully saturated rings. The van der Waals surface area contributed by atoms with Gasteiger partial charge in [0.25, 0.3) is 0 Å². The van der Waals surface area contributed by atoms with Gasteiger partial charge < -0.3 is 4.98 Å². The van der Waals surface area contributed by atoms with Crippen molar-refractivity contribution in [3.8, 4) is 0 Å². The number of aromatic amines is 1. The van der Waals surface area contributed by atoms with Gasteiger partial charge in [0.15, 0.2) is 0 Å². The number of H-pyrrole nitrogens is 1. The summed E-state index contributed by atoms with van der Waals surface area (Å²) in [5.41, 5.74) is 2.09. The maximum atomic E-state index is 4.30. The molecule has 4 heteroatoms. The standard InChI is InChI=1S/C8H8N2S.Pr/c11-5-8-9-6-3-1-2-4-7(6)10-8;/h1-4,11H,5H2,(H,9,10);. The maximum Gasteiger partial charge on any atom is 0.116 e. The number of imidazole rings is 1. The number of hydrogen-bond acceptors (Lipinski definition) is 2. The van der Waals surface area contributed by atoms with Crippen molar-refractivity contribution in [1.82, 2.24) is 9.97 Å². The first-order chi connectivity index (χ1) is 5.40. The number of hydrogen-bond donors (Lipinski definition) is 2. The molecule has 1 heterocycles. The van der Waals surface area contributed by atoms with E-state index in [1.165, 1.54) is 0 Å². The van der Waals surface area contributed by atoms with E-state index in [0.29, 0.717) is 5.75 Å². The molecular formula is C8H8N2PrS. The third-order valence-electron chi connectivity index (χ3n) is 1.59. The number of thiol groups is 1. The molecule has 1 aromatic heterocycles. The Labute approximate surface area is 110 Å². The quantitative estimate of drug-likeness (QED) is 0.775. The third-order valence-corrected chi connectivity index (χ3v) is 1.89. The summed E-state index contributed by atoms with van der Waals surface area (Å²) in [5, 5.41) is 0. The van der Waals surface area contributed by atoms with E-state index in [1.807, 2.05) is 24.3 Å². The Morgan fingerprint density at radius 3 is 2.75 bits per heavy atom. The van der Waals surface area contributed by atoms with Crippen molar-refractivity contribution >= 4 is 23.7 Å². The van der Waals surface area contributed by atoms with Gasteiger partial charge in [0, 0.05) is 47.0 Å². The van der Waals surface area contributed by atoms with E-state index in [1.54, 1.807) is 0 Å². The molecule has 0 unspecified atom stereocenters. The Kier molecular flexibility index (Phi) is 4.01. The van der Waals surface area contributed by atoms with E-state index in [9.17, 15) is 0 Å². The van der Waals surface area contributed by atoms with E-state index in [4.69, 9.17) is 0 Å². The first-order valence-electron chi connectivity index (χ1n) is 3.44. The smallest absolute Gasteiger partial charge is 0.116 e. The van der Waals surface area contributed by atoms with E-state index in [-0.39, 0.29) is 41.3 Å². The second-order valence-corrected chi connectivity index (χ2v) is 2.67. The molecule has 2 rings (SSSR count). The van der Waals surface area contributed by atoms with Crippen LogP contribution in [0, 0.1) is 41.3 Å². The van der Waals surface area contributed by atoms with Crippen molar-refractivity contribution in [1.29, 1.82) is 0 Å². The molecule has 2 aromatic rings. The van der Waals surface area contributed by atoms with Gasteiger partial charge in [-0.15, -0.1) is 0 Å². The molecule has 0 saturated carbocycles. The molecule has 1 N–H and O–H groups in total. The van der Waals surface area contributed by atoms with Gasteiger partial charge in [-0.3, -0.25) is 0 Å². The Hall–Kier alpha value is 0.404. The Balaban J connectivity index is 0.000000720. The van der Waals surface area contributed by atoms with Gasteiger partial charge in [-0.25, -0.2) is 4.98 Å². The molecule has 0 bridgehead atoms. The molecule has 0 aliphatic carbocycles. The maximum absolute atomic E-state index is 4.30. The molecule has 1 aromatic carbocycles. The molecule has 0 amide bonds. The average molecular weight is 305 g/mol. The van der Waals surface area contributed by atoms with Crippen molar-refractivity contribution in [2.24, 2.45) is 0 Å². The Bertz CT molecular complexity index is 339. The minimum atomic E-state index is 0. The summed E-state index contributed by atoms with van der Waals surface area (Å²) in [7, 11) is 0. The van der Waals surface area contributed by atoms with E-state index in [2.05, 4.69) is 22.6 Å². The molecule has 0 atom stereocenters. The van der Waals surface area contributed by atoms with Crippen LogP contribution in [0.2, 0.25) is 0 Å². The van der Waals surface area contributed by atoms with Crippen LogP contribution in [-0.4, -0.2) is 9.97 Å². The van der Waals surface area contributed by atoms with Gasteiger partial charge in [-0.1, -0.05) is 12.1 Å². The molecule has 2 nitrogen and oxygen atoms in total. The zero-order chi connectivity index (χ0) is 7.68. The van der Waals surface area contributed by atoms with Crippen molar-refractivity contribution in [2.75, 3.05) is 0 Å². The fourth-order valence-electron chi connectivity index (χ4n) is 1.08. The Morgan fingerprint density at radius 1 is 1.33 bits per heavy atom. The summed E-state index contributed by atoms with van der Waals surface area (Å²) < 4.78 is 0. The Morgan fingerprint density at radius 2 is 2.08 bits per heavy atom. The van der Waals surface area contributed by atoms with Crippen LogP contribution >= 0.6 is 12.6 Å². The molecule has 0 spiro atoms. The zero-order valence-electron chi connectivity index (χ0n) is 6.49. The van der Waals surface area contributed by atoms with Crippen LogP contribution in [-0.2, 0) is 5.75 Å². The largest absolute Gasteiger partial charge is 0.341 e. The van der Waals surface area contributed by atoms with Crippen molar-refractivity contribution in [3.05, 3.63) is 30.1 Å². The van der Waals surface area contributed by atoms with Gasteiger partial charge in [0.2, 0.25) is 0 Å². The molecule has 1 radical (unpaired) electrons. The molecule has 0 aliphatic rings. The molecule has 0 saturated heterocycles. The van der Waals surface area contributed by atoms with Crippen LogP contribution in [0.3, 0.4) is 0 Å². The monoisotopic (exact) mass is 305 g/mol. The number of nitrogens with one attached hydrogen (secondary N) is 1.